The molecular weight excluding hydrogens is 468 g/mol. The van der Waals surface area contributed by atoms with Crippen molar-refractivity contribution in [1.82, 2.24) is 9.97 Å². The highest BCUT2D eigenvalue weighted by molar-refractivity contribution is 6.01. The predicted octanol–water partition coefficient (Wildman–Crippen LogP) is 6.10. The summed E-state index contributed by atoms with van der Waals surface area (Å²) in [5.74, 6) is 1.69. The van der Waals surface area contributed by atoms with Crippen LogP contribution < -0.4 is 9.47 Å². The molecule has 0 spiro atoms. The van der Waals surface area contributed by atoms with Gasteiger partial charge in [-0.15, -0.1) is 0 Å². The van der Waals surface area contributed by atoms with Crippen LogP contribution in [0.2, 0.25) is 0 Å². The molecule has 0 aliphatic carbocycles. The first-order valence-electron chi connectivity index (χ1n) is 12.0. The third-order valence-electron chi connectivity index (χ3n) is 5.91. The van der Waals surface area contributed by atoms with E-state index < -0.39 is 5.97 Å². The minimum absolute atomic E-state index is 0.140. The number of aromatic nitrogens is 2. The van der Waals surface area contributed by atoms with Crippen LogP contribution in [0, 0.1) is 0 Å². The molecule has 0 saturated heterocycles. The fourth-order valence-electron chi connectivity index (χ4n) is 4.24. The largest absolute Gasteiger partial charge is 0.497 e. The van der Waals surface area contributed by atoms with Crippen LogP contribution in [0.1, 0.15) is 18.2 Å². The Morgan fingerprint density at radius 3 is 2.46 bits per heavy atom. The Labute approximate surface area is 214 Å². The van der Waals surface area contributed by atoms with E-state index in [0.29, 0.717) is 24.5 Å². The van der Waals surface area contributed by atoms with E-state index in [0.717, 1.165) is 44.8 Å². The second-order valence-corrected chi connectivity index (χ2v) is 8.32. The molecule has 0 radical (unpaired) electrons. The zero-order valence-corrected chi connectivity index (χ0v) is 20.6. The Morgan fingerprint density at radius 2 is 1.70 bits per heavy atom. The lowest BCUT2D eigenvalue weighted by molar-refractivity contribution is -0.145. The van der Waals surface area contributed by atoms with E-state index in [9.17, 15) is 4.79 Å². The van der Waals surface area contributed by atoms with Crippen LogP contribution >= 0.6 is 0 Å². The van der Waals surface area contributed by atoms with Gasteiger partial charge in [0.05, 0.1) is 24.8 Å². The van der Waals surface area contributed by atoms with Gasteiger partial charge in [-0.2, -0.15) is 0 Å². The second-order valence-electron chi connectivity index (χ2n) is 8.32. The van der Waals surface area contributed by atoms with E-state index in [-0.39, 0.29) is 6.61 Å². The van der Waals surface area contributed by atoms with Crippen LogP contribution in [0.4, 0.5) is 0 Å². The fraction of sp³-hybridized carbons (Fsp3) is 0.167. The van der Waals surface area contributed by atoms with Gasteiger partial charge in [-0.1, -0.05) is 54.6 Å². The fourth-order valence-corrected chi connectivity index (χ4v) is 4.24. The molecule has 7 heteroatoms. The molecule has 0 amide bonds. The SMILES string of the molecule is CCOC(=O)COc1cccc(Cc2ncnc3oc(-c4ccccc4)c(-c4ccc(OC)cc4)c23)c1. The van der Waals surface area contributed by atoms with Crippen LogP contribution in [0.5, 0.6) is 11.5 Å². The van der Waals surface area contributed by atoms with E-state index in [1.165, 1.54) is 6.33 Å². The number of fused-ring (bicyclic) bond motifs is 1. The first-order chi connectivity index (χ1) is 18.2. The Balaban J connectivity index is 1.57. The van der Waals surface area contributed by atoms with E-state index in [1.807, 2.05) is 78.9 Å². The molecule has 0 saturated carbocycles. The summed E-state index contributed by atoms with van der Waals surface area (Å²) < 4.78 is 22.3. The van der Waals surface area contributed by atoms with Crippen molar-refractivity contribution >= 4 is 17.1 Å². The lowest BCUT2D eigenvalue weighted by Gasteiger charge is -2.09. The molecule has 5 rings (SSSR count). The summed E-state index contributed by atoms with van der Waals surface area (Å²) in [6, 6.07) is 25.4. The minimum Gasteiger partial charge on any atom is -0.497 e. The predicted molar refractivity (Wildman–Crippen MR) is 141 cm³/mol. The number of hydrogen-bond donors (Lipinski definition) is 0. The average Bonchev–Trinajstić information content (AvgIpc) is 3.34. The van der Waals surface area contributed by atoms with Crippen molar-refractivity contribution in [3.63, 3.8) is 0 Å². The lowest BCUT2D eigenvalue weighted by Crippen LogP contribution is -2.14. The molecule has 0 aliphatic heterocycles. The van der Waals surface area contributed by atoms with Crippen molar-refractivity contribution in [2.75, 3.05) is 20.3 Å². The molecule has 2 heterocycles. The number of carbonyl (C=O) groups excluding carboxylic acids is 1. The van der Waals surface area contributed by atoms with Gasteiger partial charge in [-0.3, -0.25) is 0 Å². The maximum absolute atomic E-state index is 11.7. The number of rotatable bonds is 9. The summed E-state index contributed by atoms with van der Waals surface area (Å²) in [6.45, 7) is 1.94. The summed E-state index contributed by atoms with van der Waals surface area (Å²) in [5.41, 5.74) is 5.17. The third-order valence-corrected chi connectivity index (χ3v) is 5.91. The molecular formula is C30H26N2O5. The van der Waals surface area contributed by atoms with Gasteiger partial charge in [0.15, 0.2) is 6.61 Å². The lowest BCUT2D eigenvalue weighted by atomic mass is 9.96. The summed E-state index contributed by atoms with van der Waals surface area (Å²) >= 11 is 0. The van der Waals surface area contributed by atoms with Gasteiger partial charge < -0.3 is 18.6 Å². The molecule has 5 aromatic rings. The van der Waals surface area contributed by atoms with Crippen molar-refractivity contribution in [1.29, 1.82) is 0 Å². The maximum Gasteiger partial charge on any atom is 0.344 e. The first-order valence-corrected chi connectivity index (χ1v) is 12.0. The molecule has 0 atom stereocenters. The number of furan rings is 1. The van der Waals surface area contributed by atoms with Crippen LogP contribution in [0.3, 0.4) is 0 Å². The molecule has 186 valence electrons. The highest BCUT2D eigenvalue weighted by atomic mass is 16.6. The molecule has 2 aromatic heterocycles. The van der Waals surface area contributed by atoms with Gasteiger partial charge in [0, 0.05) is 17.5 Å². The Morgan fingerprint density at radius 1 is 0.892 bits per heavy atom. The number of benzene rings is 3. The summed E-state index contributed by atoms with van der Waals surface area (Å²) in [7, 11) is 1.65. The minimum atomic E-state index is -0.401. The van der Waals surface area contributed by atoms with Crippen LogP contribution in [-0.4, -0.2) is 36.3 Å². The standard InChI is InChI=1S/C30H26N2O5/c1-3-35-26(33)18-36-24-11-7-8-20(16-24)17-25-28-27(21-12-14-23(34-2)15-13-21)29(22-9-5-4-6-10-22)37-30(28)32-19-31-25/h4-16,19H,3,17-18H2,1-2H3. The monoisotopic (exact) mass is 494 g/mol. The van der Waals surface area contributed by atoms with Crippen LogP contribution in [0.25, 0.3) is 33.6 Å². The average molecular weight is 495 g/mol. The number of hydrogen-bond acceptors (Lipinski definition) is 7. The van der Waals surface area contributed by atoms with Crippen LogP contribution in [0.15, 0.2) is 89.6 Å². The van der Waals surface area contributed by atoms with Crippen molar-refractivity contribution in [3.05, 3.63) is 96.4 Å². The van der Waals surface area contributed by atoms with Gasteiger partial charge in [0.25, 0.3) is 0 Å². The topological polar surface area (TPSA) is 83.7 Å². The first kappa shape index (κ1) is 24.1. The number of esters is 1. The number of ether oxygens (including phenoxy) is 3. The van der Waals surface area contributed by atoms with Crippen LogP contribution in [-0.2, 0) is 16.0 Å². The number of nitrogens with zero attached hydrogens (tertiary/aromatic N) is 2. The third kappa shape index (κ3) is 5.30. The molecule has 7 nitrogen and oxygen atoms in total. The maximum atomic E-state index is 11.7. The quantitative estimate of drug-likeness (QED) is 0.229. The van der Waals surface area contributed by atoms with Crippen molar-refractivity contribution < 1.29 is 23.4 Å². The van der Waals surface area contributed by atoms with E-state index >= 15 is 0 Å². The highest BCUT2D eigenvalue weighted by Gasteiger charge is 2.22. The summed E-state index contributed by atoms with van der Waals surface area (Å²) in [4.78, 5) is 20.8. The van der Waals surface area contributed by atoms with E-state index in [1.54, 1.807) is 14.0 Å². The van der Waals surface area contributed by atoms with Crippen molar-refractivity contribution in [2.24, 2.45) is 0 Å². The van der Waals surface area contributed by atoms with E-state index in [4.69, 9.17) is 18.6 Å². The normalized spacial score (nSPS) is 10.9. The summed E-state index contributed by atoms with van der Waals surface area (Å²) in [6.07, 6.45) is 2.04. The summed E-state index contributed by atoms with van der Waals surface area (Å²) in [5, 5.41) is 0.851. The Bertz CT molecular complexity index is 1510. The molecule has 3 aromatic carbocycles. The smallest absolute Gasteiger partial charge is 0.344 e. The molecule has 37 heavy (non-hydrogen) atoms. The molecule has 0 bridgehead atoms. The molecule has 0 unspecified atom stereocenters. The number of methoxy groups -OCH3 is 1. The van der Waals surface area contributed by atoms with E-state index in [2.05, 4.69) is 9.97 Å². The zero-order valence-electron chi connectivity index (χ0n) is 20.6. The second kappa shape index (κ2) is 11.0. The van der Waals surface area contributed by atoms with Gasteiger partial charge in [0.2, 0.25) is 5.71 Å². The van der Waals surface area contributed by atoms with Gasteiger partial charge >= 0.3 is 5.97 Å². The Kier molecular flexibility index (Phi) is 7.12. The highest BCUT2D eigenvalue weighted by Crippen LogP contribution is 2.42. The Hall–Kier alpha value is -4.65. The molecule has 0 fully saturated rings. The number of carbonyl (C=O) groups is 1. The van der Waals surface area contributed by atoms with Gasteiger partial charge in [0.1, 0.15) is 23.6 Å². The molecule has 0 N–H and O–H groups in total. The van der Waals surface area contributed by atoms with Gasteiger partial charge in [-0.25, -0.2) is 14.8 Å². The van der Waals surface area contributed by atoms with Crippen molar-refractivity contribution in [3.8, 4) is 33.9 Å². The van der Waals surface area contributed by atoms with Crippen molar-refractivity contribution in [2.45, 2.75) is 13.3 Å². The molecule has 0 aliphatic rings. The zero-order chi connectivity index (χ0) is 25.6. The van der Waals surface area contributed by atoms with Gasteiger partial charge in [-0.05, 0) is 42.3 Å².